The molecule has 1 heterocycles. The van der Waals surface area contributed by atoms with Crippen LogP contribution in [0.25, 0.3) is 0 Å². The highest BCUT2D eigenvalue weighted by atomic mass is 32.1. The van der Waals surface area contributed by atoms with Crippen LogP contribution in [0.15, 0.2) is 18.2 Å². The average Bonchev–Trinajstić information content (AvgIpc) is 2.47. The van der Waals surface area contributed by atoms with Gasteiger partial charge >= 0.3 is 5.69 Å². The summed E-state index contributed by atoms with van der Waals surface area (Å²) in [6.07, 6.45) is 1.59. The second kappa shape index (κ2) is 6.41. The van der Waals surface area contributed by atoms with Crippen LogP contribution in [0.2, 0.25) is 0 Å². The zero-order valence-corrected chi connectivity index (χ0v) is 11.8. The summed E-state index contributed by atoms with van der Waals surface area (Å²) in [4.78, 5) is 10.3. The van der Waals surface area contributed by atoms with Gasteiger partial charge in [-0.15, -0.1) is 0 Å². The molecule has 2 rings (SSSR count). The van der Waals surface area contributed by atoms with Crippen molar-refractivity contribution in [3.8, 4) is 5.75 Å². The van der Waals surface area contributed by atoms with Gasteiger partial charge in [-0.05, 0) is 30.7 Å². The Hall–Kier alpha value is -1.34. The highest BCUT2D eigenvalue weighted by Gasteiger charge is 2.33. The minimum Gasteiger partial charge on any atom is -0.486 e. The monoisotopic (exact) mass is 301 g/mol. The molecule has 0 bridgehead atoms. The lowest BCUT2D eigenvalue weighted by molar-refractivity contribution is -0.386. The quantitative estimate of drug-likeness (QED) is 0.516. The van der Waals surface area contributed by atoms with Gasteiger partial charge in [0.1, 0.15) is 5.82 Å². The van der Waals surface area contributed by atoms with E-state index in [-0.39, 0.29) is 16.9 Å². The molecule has 0 N–H and O–H groups in total. The van der Waals surface area contributed by atoms with E-state index in [4.69, 9.17) is 9.47 Å². The van der Waals surface area contributed by atoms with Crippen LogP contribution in [0.3, 0.4) is 0 Å². The molecule has 0 saturated carbocycles. The van der Waals surface area contributed by atoms with E-state index in [1.54, 1.807) is 0 Å². The fraction of sp³-hybridized carbons (Fsp3) is 0.538. The Morgan fingerprint density at radius 3 is 2.75 bits per heavy atom. The van der Waals surface area contributed by atoms with Crippen molar-refractivity contribution in [3.63, 3.8) is 0 Å². The molecule has 110 valence electrons. The number of hydrogen-bond acceptors (Lipinski definition) is 5. The third-order valence-corrected chi connectivity index (χ3v) is 4.21. The summed E-state index contributed by atoms with van der Waals surface area (Å²) in [6.45, 7) is 1.58. The maximum atomic E-state index is 13.1. The van der Waals surface area contributed by atoms with Crippen LogP contribution in [0.4, 0.5) is 10.1 Å². The van der Waals surface area contributed by atoms with Crippen LogP contribution in [0.1, 0.15) is 12.8 Å². The molecule has 0 atom stereocenters. The number of rotatable bonds is 5. The molecule has 0 aromatic heterocycles. The first-order valence-electron chi connectivity index (χ1n) is 6.32. The standard InChI is InChI=1S/C13H16FNO4S/c14-10-1-2-12(11(7-10)15(16)17)19-8-13(9-20)3-5-18-6-4-13/h1-2,7,20H,3-6,8-9H2. The molecule has 0 unspecified atom stereocenters. The number of nitro benzene ring substituents is 1. The van der Waals surface area contributed by atoms with E-state index in [1.807, 2.05) is 0 Å². The van der Waals surface area contributed by atoms with E-state index in [0.29, 0.717) is 25.6 Å². The van der Waals surface area contributed by atoms with Gasteiger partial charge in [0.2, 0.25) is 0 Å². The Kier molecular flexibility index (Phi) is 4.82. The first-order chi connectivity index (χ1) is 9.56. The first kappa shape index (κ1) is 15.1. The third kappa shape index (κ3) is 3.40. The van der Waals surface area contributed by atoms with Gasteiger partial charge in [-0.2, -0.15) is 12.6 Å². The molecule has 5 nitrogen and oxygen atoms in total. The lowest BCUT2D eigenvalue weighted by Crippen LogP contribution is -2.37. The van der Waals surface area contributed by atoms with Gasteiger partial charge in [0.05, 0.1) is 17.6 Å². The van der Waals surface area contributed by atoms with Gasteiger partial charge in [0, 0.05) is 18.6 Å². The zero-order valence-electron chi connectivity index (χ0n) is 10.9. The van der Waals surface area contributed by atoms with E-state index < -0.39 is 10.7 Å². The van der Waals surface area contributed by atoms with Crippen molar-refractivity contribution in [2.75, 3.05) is 25.6 Å². The van der Waals surface area contributed by atoms with Crippen molar-refractivity contribution in [2.45, 2.75) is 12.8 Å². The van der Waals surface area contributed by atoms with Gasteiger partial charge in [0.25, 0.3) is 0 Å². The van der Waals surface area contributed by atoms with Crippen molar-refractivity contribution in [1.82, 2.24) is 0 Å². The van der Waals surface area contributed by atoms with Crippen molar-refractivity contribution in [3.05, 3.63) is 34.1 Å². The summed E-state index contributed by atoms with van der Waals surface area (Å²) in [5.74, 6) is 0.0498. The summed E-state index contributed by atoms with van der Waals surface area (Å²) in [7, 11) is 0. The molecule has 7 heteroatoms. The number of nitro groups is 1. The molecular formula is C13H16FNO4S. The normalized spacial score (nSPS) is 17.7. The second-order valence-corrected chi connectivity index (χ2v) is 5.24. The van der Waals surface area contributed by atoms with Crippen molar-refractivity contribution in [2.24, 2.45) is 5.41 Å². The Balaban J connectivity index is 2.11. The highest BCUT2D eigenvalue weighted by Crippen LogP contribution is 2.34. The summed E-state index contributed by atoms with van der Waals surface area (Å²) < 4.78 is 23.9. The van der Waals surface area contributed by atoms with Gasteiger partial charge in [-0.1, -0.05) is 0 Å². The highest BCUT2D eigenvalue weighted by molar-refractivity contribution is 7.80. The van der Waals surface area contributed by atoms with E-state index in [2.05, 4.69) is 12.6 Å². The topological polar surface area (TPSA) is 61.6 Å². The molecule has 1 aromatic carbocycles. The predicted molar refractivity (Wildman–Crippen MR) is 74.9 cm³/mol. The van der Waals surface area contributed by atoms with E-state index in [9.17, 15) is 14.5 Å². The number of halogens is 1. The molecular weight excluding hydrogens is 285 g/mol. The molecule has 1 aromatic rings. The van der Waals surface area contributed by atoms with Crippen molar-refractivity contribution < 1.29 is 18.8 Å². The second-order valence-electron chi connectivity index (χ2n) is 4.93. The number of benzene rings is 1. The number of hydrogen-bond donors (Lipinski definition) is 1. The SMILES string of the molecule is O=[N+]([O-])c1cc(F)ccc1OCC1(CS)CCOCC1. The van der Waals surface area contributed by atoms with Gasteiger partial charge < -0.3 is 9.47 Å². The van der Waals surface area contributed by atoms with Gasteiger partial charge in [0.15, 0.2) is 5.75 Å². The lowest BCUT2D eigenvalue weighted by Gasteiger charge is -2.35. The Labute approximate surface area is 121 Å². The Morgan fingerprint density at radius 2 is 2.15 bits per heavy atom. The summed E-state index contributed by atoms with van der Waals surface area (Å²) in [6, 6.07) is 3.31. The third-order valence-electron chi connectivity index (χ3n) is 3.54. The predicted octanol–water partition coefficient (Wildman–Crippen LogP) is 2.84. The Bertz CT molecular complexity index is 491. The minimum atomic E-state index is -0.654. The molecule has 1 saturated heterocycles. The van der Waals surface area contributed by atoms with Crippen LogP contribution in [-0.2, 0) is 4.74 Å². The minimum absolute atomic E-state index is 0.0871. The largest absolute Gasteiger partial charge is 0.486 e. The number of ether oxygens (including phenoxy) is 2. The molecule has 1 aliphatic rings. The van der Waals surface area contributed by atoms with Gasteiger partial charge in [-0.25, -0.2) is 4.39 Å². The maximum Gasteiger partial charge on any atom is 0.313 e. The first-order valence-corrected chi connectivity index (χ1v) is 6.95. The molecule has 20 heavy (non-hydrogen) atoms. The fourth-order valence-corrected chi connectivity index (χ4v) is 2.55. The van der Waals surface area contributed by atoms with Crippen molar-refractivity contribution >= 4 is 18.3 Å². The van der Waals surface area contributed by atoms with Crippen LogP contribution in [0.5, 0.6) is 5.75 Å². The van der Waals surface area contributed by atoms with E-state index >= 15 is 0 Å². The van der Waals surface area contributed by atoms with Crippen LogP contribution >= 0.6 is 12.6 Å². The number of nitrogens with zero attached hydrogens (tertiary/aromatic N) is 1. The average molecular weight is 301 g/mol. The van der Waals surface area contributed by atoms with Crippen LogP contribution in [0, 0.1) is 21.3 Å². The maximum absolute atomic E-state index is 13.1. The smallest absolute Gasteiger partial charge is 0.313 e. The summed E-state index contributed by atoms with van der Waals surface area (Å²) in [5.41, 5.74) is -0.504. The Morgan fingerprint density at radius 1 is 1.45 bits per heavy atom. The van der Waals surface area contributed by atoms with E-state index in [1.165, 1.54) is 6.07 Å². The number of thiol groups is 1. The molecule has 0 amide bonds. The van der Waals surface area contributed by atoms with E-state index in [0.717, 1.165) is 25.0 Å². The molecule has 0 aliphatic carbocycles. The van der Waals surface area contributed by atoms with Crippen LogP contribution in [-0.4, -0.2) is 30.5 Å². The van der Waals surface area contributed by atoms with Crippen molar-refractivity contribution in [1.29, 1.82) is 0 Å². The molecule has 0 radical (unpaired) electrons. The zero-order chi connectivity index (χ0) is 14.6. The molecule has 1 aliphatic heterocycles. The fourth-order valence-electron chi connectivity index (χ4n) is 2.14. The summed E-state index contributed by atoms with van der Waals surface area (Å²) >= 11 is 4.35. The molecule has 0 spiro atoms. The van der Waals surface area contributed by atoms with Crippen LogP contribution < -0.4 is 4.74 Å². The molecule has 1 fully saturated rings. The van der Waals surface area contributed by atoms with Gasteiger partial charge in [-0.3, -0.25) is 10.1 Å². The summed E-state index contributed by atoms with van der Waals surface area (Å²) in [5, 5.41) is 10.9. The lowest BCUT2D eigenvalue weighted by atomic mass is 9.83.